The lowest BCUT2D eigenvalue weighted by Crippen LogP contribution is -2.52. The van der Waals surface area contributed by atoms with Crippen LogP contribution in [0.2, 0.25) is 0 Å². The van der Waals surface area contributed by atoms with E-state index in [1.54, 1.807) is 0 Å². The Morgan fingerprint density at radius 3 is 2.62 bits per heavy atom. The molecule has 0 radical (unpaired) electrons. The molecule has 1 aliphatic rings. The fourth-order valence-electron chi connectivity index (χ4n) is 3.42. The molecule has 0 aliphatic heterocycles. The van der Waals surface area contributed by atoms with Gasteiger partial charge in [0.25, 0.3) is 0 Å². The van der Waals surface area contributed by atoms with Crippen molar-refractivity contribution in [3.63, 3.8) is 0 Å². The lowest BCUT2D eigenvalue weighted by Gasteiger charge is -2.39. The first kappa shape index (κ1) is 16.9. The van der Waals surface area contributed by atoms with E-state index in [1.165, 1.54) is 5.56 Å². The van der Waals surface area contributed by atoms with E-state index in [1.807, 2.05) is 54.9 Å². The third-order valence-corrected chi connectivity index (χ3v) is 4.86. The highest BCUT2D eigenvalue weighted by Gasteiger charge is 2.35. The first-order valence-electron chi connectivity index (χ1n) is 8.73. The lowest BCUT2D eigenvalue weighted by molar-refractivity contribution is -0.0469. The molecule has 1 saturated carbocycles. The van der Waals surface area contributed by atoms with E-state index in [0.29, 0.717) is 0 Å². The second-order valence-electron chi connectivity index (χ2n) is 6.54. The standard InChI is InChI=1S/C20H26N2O2/c1-22(15-12-16-10-13-21-14-11-16)18-8-5-9-19(20(18)23)24-17-6-3-2-4-7-17/h2-4,6-7,10-11,13-14,18-20,23H,5,8-9,12,15H2,1H3/t18-,19+,20+/m0/s1. The topological polar surface area (TPSA) is 45.6 Å². The van der Waals surface area contributed by atoms with Gasteiger partial charge in [-0.1, -0.05) is 18.2 Å². The second kappa shape index (κ2) is 8.27. The largest absolute Gasteiger partial charge is 0.488 e. The fraction of sp³-hybridized carbons (Fsp3) is 0.450. The van der Waals surface area contributed by atoms with Gasteiger partial charge in [-0.15, -0.1) is 0 Å². The van der Waals surface area contributed by atoms with Crippen LogP contribution in [0, 0.1) is 0 Å². The fourth-order valence-corrected chi connectivity index (χ4v) is 3.42. The summed E-state index contributed by atoms with van der Waals surface area (Å²) in [4.78, 5) is 6.32. The Hall–Kier alpha value is -1.91. The molecule has 2 aromatic rings. The molecule has 0 amide bonds. The van der Waals surface area contributed by atoms with Gasteiger partial charge >= 0.3 is 0 Å². The molecule has 1 aromatic heterocycles. The number of pyridine rings is 1. The van der Waals surface area contributed by atoms with Crippen molar-refractivity contribution in [3.05, 3.63) is 60.4 Å². The number of hydrogen-bond donors (Lipinski definition) is 1. The van der Waals surface area contributed by atoms with Crippen LogP contribution < -0.4 is 4.74 Å². The summed E-state index contributed by atoms with van der Waals surface area (Å²) in [6.45, 7) is 0.920. The summed E-state index contributed by atoms with van der Waals surface area (Å²) in [5.41, 5.74) is 1.28. The highest BCUT2D eigenvalue weighted by atomic mass is 16.5. The summed E-state index contributed by atoms with van der Waals surface area (Å²) in [6.07, 6.45) is 7.04. The number of aliphatic hydroxyl groups excluding tert-OH is 1. The Labute approximate surface area is 144 Å². The number of hydrogen-bond acceptors (Lipinski definition) is 4. The molecular formula is C20H26N2O2. The van der Waals surface area contributed by atoms with Crippen molar-refractivity contribution < 1.29 is 9.84 Å². The SMILES string of the molecule is CN(CCc1ccncc1)[C@H]1CCC[C@@H](Oc2ccccc2)[C@@H]1O. The van der Waals surface area contributed by atoms with Crippen LogP contribution in [-0.4, -0.2) is 46.8 Å². The zero-order valence-corrected chi connectivity index (χ0v) is 14.2. The maximum atomic E-state index is 10.8. The summed E-state index contributed by atoms with van der Waals surface area (Å²) in [6, 6.07) is 14.0. The number of ether oxygens (including phenoxy) is 1. The molecule has 4 heteroatoms. The first-order chi connectivity index (χ1) is 11.7. The van der Waals surface area contributed by atoms with Gasteiger partial charge in [0.05, 0.1) is 0 Å². The Balaban J connectivity index is 1.56. The van der Waals surface area contributed by atoms with Crippen LogP contribution in [0.3, 0.4) is 0 Å². The maximum absolute atomic E-state index is 10.8. The van der Waals surface area contributed by atoms with E-state index in [9.17, 15) is 5.11 Å². The van der Waals surface area contributed by atoms with Gasteiger partial charge in [-0.05, 0) is 62.6 Å². The highest BCUT2D eigenvalue weighted by molar-refractivity contribution is 5.21. The molecule has 4 nitrogen and oxygen atoms in total. The van der Waals surface area contributed by atoms with Crippen LogP contribution in [-0.2, 0) is 6.42 Å². The van der Waals surface area contributed by atoms with Crippen molar-refractivity contribution in [2.24, 2.45) is 0 Å². The van der Waals surface area contributed by atoms with Crippen molar-refractivity contribution in [3.8, 4) is 5.75 Å². The van der Waals surface area contributed by atoms with E-state index in [2.05, 4.69) is 16.9 Å². The Kier molecular flexibility index (Phi) is 5.83. The van der Waals surface area contributed by atoms with E-state index in [0.717, 1.165) is 38.0 Å². The van der Waals surface area contributed by atoms with Crippen LogP contribution in [0.1, 0.15) is 24.8 Å². The average molecular weight is 326 g/mol. The van der Waals surface area contributed by atoms with Crippen LogP contribution >= 0.6 is 0 Å². The summed E-state index contributed by atoms with van der Waals surface area (Å²) >= 11 is 0. The number of para-hydroxylation sites is 1. The zero-order chi connectivity index (χ0) is 16.8. The first-order valence-corrected chi connectivity index (χ1v) is 8.73. The molecule has 128 valence electrons. The van der Waals surface area contributed by atoms with Crippen molar-refractivity contribution in [2.45, 2.75) is 43.9 Å². The lowest BCUT2D eigenvalue weighted by atomic mass is 9.88. The van der Waals surface area contributed by atoms with Crippen molar-refractivity contribution in [1.29, 1.82) is 0 Å². The quantitative estimate of drug-likeness (QED) is 0.886. The molecule has 1 aliphatic carbocycles. The molecule has 3 atom stereocenters. The minimum Gasteiger partial charge on any atom is -0.488 e. The van der Waals surface area contributed by atoms with Gasteiger partial charge in [0.1, 0.15) is 18.0 Å². The van der Waals surface area contributed by atoms with Gasteiger partial charge in [-0.2, -0.15) is 0 Å². The number of aliphatic hydroxyl groups is 1. The molecule has 0 spiro atoms. The van der Waals surface area contributed by atoms with Gasteiger partial charge in [0, 0.05) is 25.0 Å². The van der Waals surface area contributed by atoms with Gasteiger partial charge in [-0.25, -0.2) is 0 Å². The van der Waals surface area contributed by atoms with Gasteiger partial charge in [0.15, 0.2) is 0 Å². The minimum atomic E-state index is -0.457. The van der Waals surface area contributed by atoms with Crippen molar-refractivity contribution >= 4 is 0 Å². The number of aromatic nitrogens is 1. The van der Waals surface area contributed by atoms with Gasteiger partial charge in [0.2, 0.25) is 0 Å². The van der Waals surface area contributed by atoms with Gasteiger partial charge in [-0.3, -0.25) is 4.98 Å². The third kappa shape index (κ3) is 4.34. The molecule has 1 fully saturated rings. The monoisotopic (exact) mass is 326 g/mol. The van der Waals surface area contributed by atoms with Crippen LogP contribution in [0.5, 0.6) is 5.75 Å². The van der Waals surface area contributed by atoms with Crippen LogP contribution in [0.15, 0.2) is 54.9 Å². The van der Waals surface area contributed by atoms with E-state index in [4.69, 9.17) is 4.74 Å². The molecule has 24 heavy (non-hydrogen) atoms. The predicted octanol–water partition coefficient (Wildman–Crippen LogP) is 2.92. The van der Waals surface area contributed by atoms with Gasteiger partial charge < -0.3 is 14.7 Å². The molecule has 1 heterocycles. The van der Waals surface area contributed by atoms with E-state index >= 15 is 0 Å². The molecular weight excluding hydrogens is 300 g/mol. The summed E-state index contributed by atoms with van der Waals surface area (Å²) in [7, 11) is 2.10. The van der Waals surface area contributed by atoms with Crippen LogP contribution in [0.25, 0.3) is 0 Å². The smallest absolute Gasteiger partial charge is 0.126 e. The molecule has 0 saturated heterocycles. The zero-order valence-electron chi connectivity index (χ0n) is 14.2. The molecule has 0 unspecified atom stereocenters. The summed E-state index contributed by atoms with van der Waals surface area (Å²) in [5.74, 6) is 0.835. The number of likely N-dealkylation sites (N-methyl/N-ethyl adjacent to an activating group) is 1. The van der Waals surface area contributed by atoms with E-state index < -0.39 is 6.10 Å². The number of nitrogens with zero attached hydrogens (tertiary/aromatic N) is 2. The Morgan fingerprint density at radius 1 is 1.12 bits per heavy atom. The average Bonchev–Trinajstić information content (AvgIpc) is 2.63. The third-order valence-electron chi connectivity index (χ3n) is 4.86. The molecule has 0 bridgehead atoms. The Morgan fingerprint density at radius 2 is 1.88 bits per heavy atom. The minimum absolute atomic E-state index is 0.130. The van der Waals surface area contributed by atoms with Crippen LogP contribution in [0.4, 0.5) is 0 Å². The molecule has 3 rings (SSSR count). The maximum Gasteiger partial charge on any atom is 0.126 e. The van der Waals surface area contributed by atoms with Crippen molar-refractivity contribution in [2.75, 3.05) is 13.6 Å². The second-order valence-corrected chi connectivity index (χ2v) is 6.54. The normalized spacial score (nSPS) is 24.0. The molecule has 1 N–H and O–H groups in total. The predicted molar refractivity (Wildman–Crippen MR) is 95.1 cm³/mol. The number of benzene rings is 1. The van der Waals surface area contributed by atoms with Crippen molar-refractivity contribution in [1.82, 2.24) is 9.88 Å². The Bertz CT molecular complexity index is 606. The summed E-state index contributed by atoms with van der Waals surface area (Å²) < 4.78 is 6.03. The highest BCUT2D eigenvalue weighted by Crippen LogP contribution is 2.27. The summed E-state index contributed by atoms with van der Waals surface area (Å²) in [5, 5.41) is 10.8. The number of rotatable bonds is 6. The van der Waals surface area contributed by atoms with E-state index in [-0.39, 0.29) is 12.1 Å². The molecule has 1 aromatic carbocycles.